The van der Waals surface area contributed by atoms with E-state index < -0.39 is 23.2 Å². The van der Waals surface area contributed by atoms with E-state index in [1.54, 1.807) is 0 Å². The highest BCUT2D eigenvalue weighted by molar-refractivity contribution is 5.74. The largest absolute Gasteiger partial charge is 0.504 e. The molecule has 0 aliphatic heterocycles. The fraction of sp³-hybridized carbons (Fsp3) is 0.708. The molecule has 0 fully saturated rings. The van der Waals surface area contributed by atoms with E-state index in [1.807, 2.05) is 0 Å². The summed E-state index contributed by atoms with van der Waals surface area (Å²) in [4.78, 5) is 11.8. The van der Waals surface area contributed by atoms with Gasteiger partial charge in [0.1, 0.15) is 0 Å². The lowest BCUT2D eigenvalue weighted by molar-refractivity contribution is -0.134. The first-order chi connectivity index (χ1) is 14.1. The first-order valence-electron chi connectivity index (χ1n) is 11.5. The first-order valence-corrected chi connectivity index (χ1v) is 11.5. The van der Waals surface area contributed by atoms with Gasteiger partial charge in [-0.2, -0.15) is 0 Å². The van der Waals surface area contributed by atoms with E-state index in [-0.39, 0.29) is 12.2 Å². The Labute approximate surface area is 176 Å². The molecule has 0 radical (unpaired) electrons. The molecule has 0 heterocycles. The molecule has 0 saturated heterocycles. The summed E-state index contributed by atoms with van der Waals surface area (Å²) in [6.45, 7) is 2.26. The number of rotatable bonds is 17. The average molecular weight is 409 g/mol. The summed E-state index contributed by atoms with van der Waals surface area (Å²) >= 11 is 0. The van der Waals surface area contributed by atoms with Gasteiger partial charge in [0.2, 0.25) is 11.5 Å². The number of hydrogen-bond donors (Lipinski definition) is 3. The second-order valence-electron chi connectivity index (χ2n) is 7.95. The first kappa shape index (κ1) is 25.1. The smallest absolute Gasteiger partial charge is 0.311 e. The van der Waals surface area contributed by atoms with Crippen LogP contribution in [0, 0.1) is 0 Å². The van der Waals surface area contributed by atoms with Crippen LogP contribution in [-0.2, 0) is 4.79 Å². The predicted molar refractivity (Wildman–Crippen MR) is 117 cm³/mol. The molecule has 0 saturated carbocycles. The molecule has 1 aromatic carbocycles. The van der Waals surface area contributed by atoms with Crippen LogP contribution in [0.15, 0.2) is 12.1 Å². The van der Waals surface area contributed by atoms with Crippen LogP contribution in [0.1, 0.15) is 110 Å². The summed E-state index contributed by atoms with van der Waals surface area (Å²) < 4.78 is 5.04. The molecule has 0 amide bonds. The van der Waals surface area contributed by atoms with Crippen molar-refractivity contribution in [2.75, 3.05) is 0 Å². The Morgan fingerprint density at radius 3 is 1.62 bits per heavy atom. The van der Waals surface area contributed by atoms with Crippen molar-refractivity contribution < 1.29 is 24.9 Å². The van der Waals surface area contributed by atoms with Gasteiger partial charge < -0.3 is 20.1 Å². The number of phenols is 3. The molecule has 0 spiro atoms. The van der Waals surface area contributed by atoms with Crippen molar-refractivity contribution in [3.05, 3.63) is 12.1 Å². The lowest BCUT2D eigenvalue weighted by Crippen LogP contribution is -2.07. The minimum Gasteiger partial charge on any atom is -0.504 e. The number of esters is 1. The summed E-state index contributed by atoms with van der Waals surface area (Å²) in [7, 11) is 0. The molecular weight excluding hydrogens is 368 g/mol. The third-order valence-electron chi connectivity index (χ3n) is 5.30. The third-order valence-corrected chi connectivity index (χ3v) is 5.30. The number of hydrogen-bond acceptors (Lipinski definition) is 5. The normalized spacial score (nSPS) is 10.9. The Morgan fingerprint density at radius 2 is 1.14 bits per heavy atom. The van der Waals surface area contributed by atoms with E-state index in [0.29, 0.717) is 0 Å². The second kappa shape index (κ2) is 15.9. The quantitative estimate of drug-likeness (QED) is 0.112. The zero-order chi connectivity index (χ0) is 21.3. The van der Waals surface area contributed by atoms with Gasteiger partial charge in [0.25, 0.3) is 0 Å². The molecule has 0 atom stereocenters. The highest BCUT2D eigenvalue weighted by Gasteiger charge is 2.15. The zero-order valence-electron chi connectivity index (χ0n) is 18.1. The average Bonchev–Trinajstić information content (AvgIpc) is 2.71. The number of phenolic OH excluding ortho intramolecular Hbond substituents is 3. The van der Waals surface area contributed by atoms with Crippen molar-refractivity contribution in [2.24, 2.45) is 0 Å². The van der Waals surface area contributed by atoms with E-state index in [2.05, 4.69) is 6.92 Å². The highest BCUT2D eigenvalue weighted by Crippen LogP contribution is 2.41. The SMILES string of the molecule is CCCCCCCCCCCCCCCCCC(=O)Oc1ccc(O)c(O)c1O. The van der Waals surface area contributed by atoms with E-state index >= 15 is 0 Å². The van der Waals surface area contributed by atoms with Crippen molar-refractivity contribution >= 4 is 5.97 Å². The maximum Gasteiger partial charge on any atom is 0.311 e. The molecule has 0 aliphatic carbocycles. The van der Waals surface area contributed by atoms with Crippen molar-refractivity contribution in [3.8, 4) is 23.0 Å². The fourth-order valence-electron chi connectivity index (χ4n) is 3.45. The summed E-state index contributed by atoms with van der Waals surface area (Å²) in [6, 6.07) is 2.43. The van der Waals surface area contributed by atoms with Crippen LogP contribution in [0.4, 0.5) is 0 Å². The van der Waals surface area contributed by atoms with E-state index in [9.17, 15) is 20.1 Å². The molecule has 5 nitrogen and oxygen atoms in total. The molecular formula is C24H40O5. The summed E-state index contributed by atoms with van der Waals surface area (Å²) in [5, 5.41) is 28.3. The van der Waals surface area contributed by atoms with Crippen molar-refractivity contribution in [2.45, 2.75) is 110 Å². The number of carbonyl (C=O) groups is 1. The van der Waals surface area contributed by atoms with E-state index in [4.69, 9.17) is 4.74 Å². The molecule has 166 valence electrons. The van der Waals surface area contributed by atoms with Gasteiger partial charge in [-0.05, 0) is 18.6 Å². The van der Waals surface area contributed by atoms with Crippen molar-refractivity contribution in [3.63, 3.8) is 0 Å². The van der Waals surface area contributed by atoms with Crippen LogP contribution in [0.3, 0.4) is 0 Å². The van der Waals surface area contributed by atoms with E-state index in [1.165, 1.54) is 89.2 Å². The van der Waals surface area contributed by atoms with Crippen LogP contribution in [0.5, 0.6) is 23.0 Å². The predicted octanol–water partition coefficient (Wildman–Crippen LogP) is 6.97. The molecule has 1 aromatic rings. The molecule has 0 aliphatic rings. The molecule has 29 heavy (non-hydrogen) atoms. The van der Waals surface area contributed by atoms with Gasteiger partial charge in [0, 0.05) is 6.42 Å². The fourth-order valence-corrected chi connectivity index (χ4v) is 3.45. The van der Waals surface area contributed by atoms with Crippen molar-refractivity contribution in [1.82, 2.24) is 0 Å². The van der Waals surface area contributed by atoms with Crippen molar-refractivity contribution in [1.29, 1.82) is 0 Å². The van der Waals surface area contributed by atoms with Gasteiger partial charge in [-0.3, -0.25) is 4.79 Å². The lowest BCUT2D eigenvalue weighted by Gasteiger charge is -2.08. The van der Waals surface area contributed by atoms with Crippen LogP contribution in [-0.4, -0.2) is 21.3 Å². The number of ether oxygens (including phenoxy) is 1. The highest BCUT2D eigenvalue weighted by atomic mass is 16.5. The number of benzene rings is 1. The standard InChI is InChI=1S/C24H40O5/c1-2-3-4-5-6-7-8-9-10-11-12-13-14-15-16-17-22(26)29-21-19-18-20(25)23(27)24(21)28/h18-19,25,27-28H,2-17H2,1H3. The minimum absolute atomic E-state index is 0.133. The van der Waals surface area contributed by atoms with Gasteiger partial charge in [-0.1, -0.05) is 96.8 Å². The molecule has 0 aromatic heterocycles. The Kier molecular flexibility index (Phi) is 13.8. The maximum absolute atomic E-state index is 11.8. The summed E-state index contributed by atoms with van der Waals surface area (Å²) in [5.41, 5.74) is 0. The third kappa shape index (κ3) is 11.6. The summed E-state index contributed by atoms with van der Waals surface area (Å²) in [5.74, 6) is -2.33. The Hall–Kier alpha value is -1.91. The molecule has 0 bridgehead atoms. The molecule has 0 unspecified atom stereocenters. The zero-order valence-corrected chi connectivity index (χ0v) is 18.1. The van der Waals surface area contributed by atoms with Crippen LogP contribution < -0.4 is 4.74 Å². The molecule has 1 rings (SSSR count). The molecule has 5 heteroatoms. The number of carbonyl (C=O) groups excluding carboxylic acids is 1. The lowest BCUT2D eigenvalue weighted by atomic mass is 10.0. The Balaban J connectivity index is 1.92. The van der Waals surface area contributed by atoms with Gasteiger partial charge in [-0.15, -0.1) is 0 Å². The number of aromatic hydroxyl groups is 3. The monoisotopic (exact) mass is 408 g/mol. The summed E-state index contributed by atoms with van der Waals surface area (Å²) in [6.07, 6.45) is 19.3. The second-order valence-corrected chi connectivity index (χ2v) is 7.95. The number of unbranched alkanes of at least 4 members (excludes halogenated alkanes) is 14. The van der Waals surface area contributed by atoms with Crippen LogP contribution >= 0.6 is 0 Å². The van der Waals surface area contributed by atoms with E-state index in [0.717, 1.165) is 19.3 Å². The maximum atomic E-state index is 11.8. The van der Waals surface area contributed by atoms with Gasteiger partial charge in [0.15, 0.2) is 11.5 Å². The molecule has 3 N–H and O–H groups in total. The Bertz CT molecular complexity index is 571. The Morgan fingerprint density at radius 1 is 0.690 bits per heavy atom. The topological polar surface area (TPSA) is 87.0 Å². The van der Waals surface area contributed by atoms with Gasteiger partial charge in [0.05, 0.1) is 0 Å². The minimum atomic E-state index is -0.678. The van der Waals surface area contributed by atoms with Crippen LogP contribution in [0.25, 0.3) is 0 Å². The van der Waals surface area contributed by atoms with Gasteiger partial charge >= 0.3 is 5.97 Å². The van der Waals surface area contributed by atoms with Gasteiger partial charge in [-0.25, -0.2) is 0 Å². The van der Waals surface area contributed by atoms with Crippen LogP contribution in [0.2, 0.25) is 0 Å².